The van der Waals surface area contributed by atoms with E-state index in [0.29, 0.717) is 31.3 Å². The summed E-state index contributed by atoms with van der Waals surface area (Å²) >= 11 is 1.64. The largest absolute Gasteiger partial charge is 0.494 e. The Morgan fingerprint density at radius 3 is 2.45 bits per heavy atom. The average molecular weight is 468 g/mol. The minimum absolute atomic E-state index is 0.0660. The molecular formula is C26H33N3O3S. The third kappa shape index (κ3) is 5.89. The third-order valence-corrected chi connectivity index (χ3v) is 7.29. The zero-order valence-corrected chi connectivity index (χ0v) is 20.4. The summed E-state index contributed by atoms with van der Waals surface area (Å²) in [4.78, 5) is 32.6. The zero-order valence-electron chi connectivity index (χ0n) is 19.5. The number of carbonyl (C=O) groups excluding carboxylic acids is 2. The van der Waals surface area contributed by atoms with Gasteiger partial charge < -0.3 is 19.4 Å². The number of hydrogen-bond donors (Lipinski definition) is 0. The highest BCUT2D eigenvalue weighted by molar-refractivity contribution is 7.98. The van der Waals surface area contributed by atoms with E-state index in [1.807, 2.05) is 54.8 Å². The number of carbonyl (C=O) groups is 2. The number of anilines is 1. The molecule has 176 valence electrons. The molecule has 7 heteroatoms. The Kier molecular flexibility index (Phi) is 7.93. The monoisotopic (exact) mass is 467 g/mol. The maximum absolute atomic E-state index is 12.8. The first kappa shape index (κ1) is 23.6. The Morgan fingerprint density at radius 1 is 1.06 bits per heavy atom. The zero-order chi connectivity index (χ0) is 23.2. The van der Waals surface area contributed by atoms with Crippen molar-refractivity contribution in [2.75, 3.05) is 50.5 Å². The Labute approximate surface area is 200 Å². The Balaban J connectivity index is 1.25. The number of thioether (sulfide) groups is 1. The number of rotatable bonds is 8. The van der Waals surface area contributed by atoms with Crippen molar-refractivity contribution in [1.29, 1.82) is 0 Å². The molecule has 0 radical (unpaired) electrons. The van der Waals surface area contributed by atoms with E-state index in [0.717, 1.165) is 29.3 Å². The lowest BCUT2D eigenvalue weighted by Crippen LogP contribution is -2.52. The van der Waals surface area contributed by atoms with E-state index in [2.05, 4.69) is 11.8 Å². The van der Waals surface area contributed by atoms with Gasteiger partial charge in [0, 0.05) is 41.8 Å². The summed E-state index contributed by atoms with van der Waals surface area (Å²) in [7, 11) is 0. The molecule has 2 heterocycles. The molecule has 0 saturated carbocycles. The van der Waals surface area contributed by atoms with Crippen LogP contribution in [0.5, 0.6) is 5.75 Å². The second kappa shape index (κ2) is 11.1. The van der Waals surface area contributed by atoms with Gasteiger partial charge in [-0.05, 0) is 87.5 Å². The number of nitrogens with zero attached hydrogens (tertiary/aromatic N) is 3. The van der Waals surface area contributed by atoms with Gasteiger partial charge in [0.05, 0.1) is 6.61 Å². The summed E-state index contributed by atoms with van der Waals surface area (Å²) in [6.45, 7) is 6.37. The maximum Gasteiger partial charge on any atom is 0.254 e. The third-order valence-electron chi connectivity index (χ3n) is 6.54. The summed E-state index contributed by atoms with van der Waals surface area (Å²) in [5.74, 6) is 0.662. The van der Waals surface area contributed by atoms with Crippen molar-refractivity contribution >= 4 is 29.3 Å². The standard InChI is InChI=1S/C26H33N3O3S/c1-20-5-3-14-27(20)15-4-18-32-23-10-8-22(9-11-23)29-17-16-28(19-25(29)30)26(31)21-6-12-24(33-2)13-7-21/h6-13,20H,3-5,14-19H2,1-2H3. The van der Waals surface area contributed by atoms with Gasteiger partial charge >= 0.3 is 0 Å². The molecule has 2 fully saturated rings. The van der Waals surface area contributed by atoms with Crippen LogP contribution in [0.15, 0.2) is 53.4 Å². The lowest BCUT2D eigenvalue weighted by molar-refractivity contribution is -0.120. The van der Waals surface area contributed by atoms with E-state index < -0.39 is 0 Å². The molecule has 2 saturated heterocycles. The van der Waals surface area contributed by atoms with E-state index in [4.69, 9.17) is 4.74 Å². The van der Waals surface area contributed by atoms with Crippen molar-refractivity contribution in [3.8, 4) is 5.75 Å². The molecule has 2 aromatic carbocycles. The molecule has 2 amide bonds. The lowest BCUT2D eigenvalue weighted by Gasteiger charge is -2.34. The topological polar surface area (TPSA) is 53.1 Å². The molecule has 6 nitrogen and oxygen atoms in total. The maximum atomic E-state index is 12.8. The summed E-state index contributed by atoms with van der Waals surface area (Å²) in [5.41, 5.74) is 1.46. The van der Waals surface area contributed by atoms with Crippen LogP contribution in [0.4, 0.5) is 5.69 Å². The first-order valence-electron chi connectivity index (χ1n) is 11.8. The number of likely N-dealkylation sites (tertiary alicyclic amines) is 1. The molecule has 2 aromatic rings. The highest BCUT2D eigenvalue weighted by Crippen LogP contribution is 2.23. The van der Waals surface area contributed by atoms with Crippen LogP contribution < -0.4 is 9.64 Å². The van der Waals surface area contributed by atoms with E-state index in [1.54, 1.807) is 21.6 Å². The van der Waals surface area contributed by atoms with E-state index >= 15 is 0 Å². The molecular weight excluding hydrogens is 434 g/mol. The Bertz CT molecular complexity index is 948. The quantitative estimate of drug-likeness (QED) is 0.431. The van der Waals surface area contributed by atoms with Crippen LogP contribution in [0.2, 0.25) is 0 Å². The molecule has 1 unspecified atom stereocenters. The van der Waals surface area contributed by atoms with Crippen molar-refractivity contribution in [1.82, 2.24) is 9.80 Å². The fourth-order valence-electron chi connectivity index (χ4n) is 4.54. The molecule has 0 aromatic heterocycles. The predicted octanol–water partition coefficient (Wildman–Crippen LogP) is 4.15. The van der Waals surface area contributed by atoms with Crippen LogP contribution in [-0.2, 0) is 4.79 Å². The van der Waals surface area contributed by atoms with Crippen LogP contribution in [0.25, 0.3) is 0 Å². The van der Waals surface area contributed by atoms with Gasteiger partial charge in [-0.25, -0.2) is 0 Å². The van der Waals surface area contributed by atoms with Crippen molar-refractivity contribution in [3.63, 3.8) is 0 Å². The smallest absolute Gasteiger partial charge is 0.254 e. The SMILES string of the molecule is CSc1ccc(C(=O)N2CCN(c3ccc(OCCCN4CCCC4C)cc3)C(=O)C2)cc1. The molecule has 33 heavy (non-hydrogen) atoms. The minimum atomic E-state index is -0.0947. The van der Waals surface area contributed by atoms with Gasteiger partial charge in [-0.3, -0.25) is 9.59 Å². The first-order chi connectivity index (χ1) is 16.0. The second-order valence-corrected chi connectivity index (χ2v) is 9.60. The van der Waals surface area contributed by atoms with Crippen molar-refractivity contribution in [3.05, 3.63) is 54.1 Å². The number of piperazine rings is 1. The van der Waals surface area contributed by atoms with Crippen LogP contribution in [-0.4, -0.2) is 73.2 Å². The second-order valence-electron chi connectivity index (χ2n) is 8.72. The fraction of sp³-hybridized carbons (Fsp3) is 0.462. The van der Waals surface area contributed by atoms with Crippen LogP contribution in [0.3, 0.4) is 0 Å². The molecule has 0 aliphatic carbocycles. The van der Waals surface area contributed by atoms with Gasteiger partial charge in [0.1, 0.15) is 12.3 Å². The minimum Gasteiger partial charge on any atom is -0.494 e. The van der Waals surface area contributed by atoms with E-state index in [9.17, 15) is 9.59 Å². The van der Waals surface area contributed by atoms with Crippen molar-refractivity contribution < 1.29 is 14.3 Å². The van der Waals surface area contributed by atoms with E-state index in [-0.39, 0.29) is 18.4 Å². The first-order valence-corrected chi connectivity index (χ1v) is 13.0. The highest BCUT2D eigenvalue weighted by Gasteiger charge is 2.28. The highest BCUT2D eigenvalue weighted by atomic mass is 32.2. The Morgan fingerprint density at radius 2 is 1.82 bits per heavy atom. The molecule has 2 aliphatic rings. The van der Waals surface area contributed by atoms with Crippen LogP contribution in [0, 0.1) is 0 Å². The number of hydrogen-bond acceptors (Lipinski definition) is 5. The molecule has 0 N–H and O–H groups in total. The van der Waals surface area contributed by atoms with Gasteiger partial charge in [0.25, 0.3) is 5.91 Å². The van der Waals surface area contributed by atoms with Crippen LogP contribution >= 0.6 is 11.8 Å². The Hall–Kier alpha value is -2.51. The van der Waals surface area contributed by atoms with Gasteiger partial charge in [-0.15, -0.1) is 11.8 Å². The normalized spacial score (nSPS) is 19.2. The summed E-state index contributed by atoms with van der Waals surface area (Å²) in [6.07, 6.45) is 5.62. The lowest BCUT2D eigenvalue weighted by atomic mass is 10.1. The summed E-state index contributed by atoms with van der Waals surface area (Å²) in [5, 5.41) is 0. The molecule has 4 rings (SSSR count). The molecule has 1 atom stereocenters. The summed E-state index contributed by atoms with van der Waals surface area (Å²) < 4.78 is 5.90. The van der Waals surface area contributed by atoms with Gasteiger partial charge in [-0.2, -0.15) is 0 Å². The van der Waals surface area contributed by atoms with Crippen molar-refractivity contribution in [2.24, 2.45) is 0 Å². The molecule has 0 bridgehead atoms. The predicted molar refractivity (Wildman–Crippen MR) is 133 cm³/mol. The molecule has 0 spiro atoms. The molecule has 2 aliphatic heterocycles. The van der Waals surface area contributed by atoms with Gasteiger partial charge in [0.15, 0.2) is 0 Å². The number of benzene rings is 2. The average Bonchev–Trinajstić information content (AvgIpc) is 3.26. The summed E-state index contributed by atoms with van der Waals surface area (Å²) in [6, 6.07) is 15.9. The van der Waals surface area contributed by atoms with E-state index in [1.165, 1.54) is 19.4 Å². The number of ether oxygens (including phenoxy) is 1. The van der Waals surface area contributed by atoms with Gasteiger partial charge in [0.2, 0.25) is 5.91 Å². The van der Waals surface area contributed by atoms with Gasteiger partial charge in [-0.1, -0.05) is 0 Å². The number of amides is 2. The fourth-order valence-corrected chi connectivity index (χ4v) is 4.95. The van der Waals surface area contributed by atoms with Crippen molar-refractivity contribution in [2.45, 2.75) is 37.1 Å². The van der Waals surface area contributed by atoms with Crippen LogP contribution in [0.1, 0.15) is 36.5 Å².